The van der Waals surface area contributed by atoms with E-state index in [9.17, 15) is 14.7 Å². The number of Topliss-reactive ketones (excluding diaryl/α,β-unsaturated/α-hetero) is 1. The maximum Gasteiger partial charge on any atom is 0.295 e. The lowest BCUT2D eigenvalue weighted by Crippen LogP contribution is -2.32. The highest BCUT2D eigenvalue weighted by Gasteiger charge is 2.45. The van der Waals surface area contributed by atoms with Gasteiger partial charge >= 0.3 is 0 Å². The molecule has 6 nitrogen and oxygen atoms in total. The number of aryl methyl sites for hydroxylation is 1. The van der Waals surface area contributed by atoms with E-state index in [0.717, 1.165) is 24.1 Å². The summed E-state index contributed by atoms with van der Waals surface area (Å²) in [5.74, 6) is -0.260. The standard InChI is InChI=1S/C27H34N2O4/c1-18(2)17-33-21-12-13-22(19(3)16-21)25(30)23-24(20-10-7-6-8-11-20)29(27(32)26(23)31)15-9-14-28(4)5/h6-8,10-13,16,18,24,30H,9,14-15,17H2,1-5H3/t24-/m0/s1. The maximum absolute atomic E-state index is 13.1. The zero-order valence-corrected chi connectivity index (χ0v) is 20.2. The van der Waals surface area contributed by atoms with Gasteiger partial charge in [0.1, 0.15) is 11.5 Å². The van der Waals surface area contributed by atoms with Crippen molar-refractivity contribution in [1.82, 2.24) is 9.80 Å². The van der Waals surface area contributed by atoms with E-state index in [1.165, 1.54) is 0 Å². The number of rotatable bonds is 9. The van der Waals surface area contributed by atoms with E-state index in [4.69, 9.17) is 4.74 Å². The fourth-order valence-electron chi connectivity index (χ4n) is 4.05. The monoisotopic (exact) mass is 450 g/mol. The van der Waals surface area contributed by atoms with Crippen LogP contribution in [0.2, 0.25) is 0 Å². The molecule has 0 aromatic heterocycles. The van der Waals surface area contributed by atoms with Gasteiger partial charge in [-0.2, -0.15) is 0 Å². The number of ether oxygens (including phenoxy) is 1. The first-order valence-corrected chi connectivity index (χ1v) is 11.4. The van der Waals surface area contributed by atoms with Crippen molar-refractivity contribution in [3.63, 3.8) is 0 Å². The van der Waals surface area contributed by atoms with Crippen LogP contribution in [0.5, 0.6) is 5.75 Å². The van der Waals surface area contributed by atoms with Gasteiger partial charge in [-0.25, -0.2) is 0 Å². The predicted molar refractivity (Wildman–Crippen MR) is 130 cm³/mol. The molecule has 0 unspecified atom stereocenters. The summed E-state index contributed by atoms with van der Waals surface area (Å²) in [6, 6.07) is 14.2. The number of carbonyl (C=O) groups excluding carboxylic acids is 2. The Morgan fingerprint density at radius 1 is 1.12 bits per heavy atom. The summed E-state index contributed by atoms with van der Waals surface area (Å²) >= 11 is 0. The van der Waals surface area contributed by atoms with Gasteiger partial charge in [-0.1, -0.05) is 44.2 Å². The molecule has 0 aliphatic carbocycles. The summed E-state index contributed by atoms with van der Waals surface area (Å²) < 4.78 is 5.79. The Morgan fingerprint density at radius 3 is 2.42 bits per heavy atom. The second-order valence-corrected chi connectivity index (χ2v) is 9.24. The van der Waals surface area contributed by atoms with Crippen molar-refractivity contribution in [3.05, 3.63) is 70.8 Å². The lowest BCUT2D eigenvalue weighted by Gasteiger charge is -2.26. The van der Waals surface area contributed by atoms with Gasteiger partial charge in [-0.15, -0.1) is 0 Å². The minimum Gasteiger partial charge on any atom is -0.507 e. The molecule has 0 radical (unpaired) electrons. The van der Waals surface area contributed by atoms with Crippen molar-refractivity contribution >= 4 is 17.4 Å². The van der Waals surface area contributed by atoms with Crippen molar-refractivity contribution in [1.29, 1.82) is 0 Å². The first-order chi connectivity index (χ1) is 15.7. The molecule has 0 bridgehead atoms. The highest BCUT2D eigenvalue weighted by molar-refractivity contribution is 6.46. The molecule has 1 fully saturated rings. The van der Waals surface area contributed by atoms with E-state index in [0.29, 0.717) is 30.4 Å². The second kappa shape index (κ2) is 10.7. The van der Waals surface area contributed by atoms with E-state index in [2.05, 4.69) is 13.8 Å². The van der Waals surface area contributed by atoms with Crippen LogP contribution in [-0.2, 0) is 9.59 Å². The molecule has 1 saturated heterocycles. The van der Waals surface area contributed by atoms with Gasteiger partial charge in [0.25, 0.3) is 11.7 Å². The molecule has 6 heteroatoms. The van der Waals surface area contributed by atoms with Crippen LogP contribution in [0, 0.1) is 12.8 Å². The Morgan fingerprint density at radius 2 is 1.82 bits per heavy atom. The van der Waals surface area contributed by atoms with Crippen LogP contribution in [0.4, 0.5) is 0 Å². The van der Waals surface area contributed by atoms with Gasteiger partial charge in [0.05, 0.1) is 18.2 Å². The number of hydrogen-bond donors (Lipinski definition) is 1. The largest absolute Gasteiger partial charge is 0.507 e. The Hall–Kier alpha value is -3.12. The van der Waals surface area contributed by atoms with Gasteiger partial charge in [0.2, 0.25) is 0 Å². The van der Waals surface area contributed by atoms with E-state index in [-0.39, 0.29) is 11.3 Å². The molecule has 1 amide bonds. The normalized spacial score (nSPS) is 17.9. The Bertz CT molecular complexity index is 1030. The number of benzene rings is 2. The van der Waals surface area contributed by atoms with Gasteiger partial charge in [0.15, 0.2) is 0 Å². The molecule has 1 aliphatic heterocycles. The molecule has 0 saturated carbocycles. The van der Waals surface area contributed by atoms with Crippen LogP contribution in [0.1, 0.15) is 43.0 Å². The summed E-state index contributed by atoms with van der Waals surface area (Å²) in [5, 5.41) is 11.3. The molecule has 1 N–H and O–H groups in total. The average Bonchev–Trinajstić information content (AvgIpc) is 3.02. The summed E-state index contributed by atoms with van der Waals surface area (Å²) in [6.07, 6.45) is 0.726. The van der Waals surface area contributed by atoms with Gasteiger partial charge < -0.3 is 19.6 Å². The molecule has 1 aliphatic rings. The molecular formula is C27H34N2O4. The molecule has 2 aromatic rings. The minimum absolute atomic E-state index is 0.134. The van der Waals surface area contributed by atoms with Crippen molar-refractivity contribution in [2.24, 2.45) is 5.92 Å². The number of carbonyl (C=O) groups is 2. The Balaban J connectivity index is 2.02. The van der Waals surface area contributed by atoms with Gasteiger partial charge in [-0.05, 0) is 69.2 Å². The number of nitrogens with zero attached hydrogens (tertiary/aromatic N) is 2. The molecule has 2 aromatic carbocycles. The van der Waals surface area contributed by atoms with E-state index in [1.807, 2.05) is 62.3 Å². The second-order valence-electron chi connectivity index (χ2n) is 9.24. The minimum atomic E-state index is -0.647. The van der Waals surface area contributed by atoms with Crippen molar-refractivity contribution < 1.29 is 19.4 Å². The van der Waals surface area contributed by atoms with Gasteiger partial charge in [0, 0.05) is 12.1 Å². The zero-order chi connectivity index (χ0) is 24.1. The first-order valence-electron chi connectivity index (χ1n) is 11.4. The third-order valence-electron chi connectivity index (χ3n) is 5.70. The summed E-state index contributed by atoms with van der Waals surface area (Å²) in [7, 11) is 3.94. The zero-order valence-electron chi connectivity index (χ0n) is 20.2. The molecule has 176 valence electrons. The SMILES string of the molecule is Cc1cc(OCC(C)C)ccc1C(O)=C1C(=O)C(=O)N(CCCN(C)C)[C@H]1c1ccccc1. The van der Waals surface area contributed by atoms with Crippen LogP contribution in [0.15, 0.2) is 54.1 Å². The smallest absolute Gasteiger partial charge is 0.295 e. The highest BCUT2D eigenvalue weighted by Crippen LogP contribution is 2.40. The lowest BCUT2D eigenvalue weighted by atomic mass is 9.94. The number of amides is 1. The molecule has 3 rings (SSSR count). The van der Waals surface area contributed by atoms with Crippen LogP contribution < -0.4 is 4.74 Å². The molecule has 1 heterocycles. The first kappa shape index (κ1) is 24.5. The third-order valence-corrected chi connectivity index (χ3v) is 5.70. The van der Waals surface area contributed by atoms with E-state index >= 15 is 0 Å². The summed E-state index contributed by atoms with van der Waals surface area (Å²) in [5.41, 5.74) is 2.24. The topological polar surface area (TPSA) is 70.1 Å². The van der Waals surface area contributed by atoms with Crippen LogP contribution in [0.3, 0.4) is 0 Å². The average molecular weight is 451 g/mol. The van der Waals surface area contributed by atoms with Crippen molar-refractivity contribution in [2.45, 2.75) is 33.2 Å². The Kier molecular flexibility index (Phi) is 7.92. The lowest BCUT2D eigenvalue weighted by molar-refractivity contribution is -0.139. The molecule has 0 spiro atoms. The highest BCUT2D eigenvalue weighted by atomic mass is 16.5. The quantitative estimate of drug-likeness (QED) is 0.348. The Labute approximate surface area is 196 Å². The molecule has 1 atom stereocenters. The fraction of sp³-hybridized carbons (Fsp3) is 0.407. The number of likely N-dealkylation sites (tertiary alicyclic amines) is 1. The maximum atomic E-state index is 13.1. The van der Waals surface area contributed by atoms with Crippen LogP contribution in [-0.4, -0.2) is 60.4 Å². The van der Waals surface area contributed by atoms with Gasteiger partial charge in [-0.3, -0.25) is 9.59 Å². The third kappa shape index (κ3) is 5.63. The molecule has 33 heavy (non-hydrogen) atoms. The number of aliphatic hydroxyl groups is 1. The number of ketones is 1. The van der Waals surface area contributed by atoms with Crippen LogP contribution >= 0.6 is 0 Å². The van der Waals surface area contributed by atoms with Crippen LogP contribution in [0.25, 0.3) is 5.76 Å². The van der Waals surface area contributed by atoms with E-state index in [1.54, 1.807) is 17.0 Å². The number of aliphatic hydroxyl groups excluding tert-OH is 1. The van der Waals surface area contributed by atoms with Crippen molar-refractivity contribution in [3.8, 4) is 5.75 Å². The molecular weight excluding hydrogens is 416 g/mol. The summed E-state index contributed by atoms with van der Waals surface area (Å²) in [4.78, 5) is 29.7. The summed E-state index contributed by atoms with van der Waals surface area (Å²) in [6.45, 7) is 7.84. The van der Waals surface area contributed by atoms with Crippen molar-refractivity contribution in [2.75, 3.05) is 33.8 Å². The fourth-order valence-corrected chi connectivity index (χ4v) is 4.05. The number of hydrogen-bond acceptors (Lipinski definition) is 5. The van der Waals surface area contributed by atoms with E-state index < -0.39 is 17.7 Å². The predicted octanol–water partition coefficient (Wildman–Crippen LogP) is 4.40.